The first kappa shape index (κ1) is 15.4. The lowest BCUT2D eigenvalue weighted by Gasteiger charge is -2.06. The Kier molecular flexibility index (Phi) is 5.98. The fourth-order valence-electron chi connectivity index (χ4n) is 1.52. The van der Waals surface area contributed by atoms with E-state index in [1.165, 1.54) is 6.20 Å². The van der Waals surface area contributed by atoms with Crippen molar-refractivity contribution < 1.29 is 9.59 Å². The first-order valence-electron chi connectivity index (χ1n) is 6.35. The summed E-state index contributed by atoms with van der Waals surface area (Å²) in [5, 5.41) is 14.0. The van der Waals surface area contributed by atoms with Gasteiger partial charge in [-0.15, -0.1) is 0 Å². The molecule has 0 aliphatic carbocycles. The molecule has 104 valence electrons. The molecule has 20 heavy (non-hydrogen) atoms. The van der Waals surface area contributed by atoms with Crippen LogP contribution in [0.5, 0.6) is 0 Å². The molecule has 2 N–H and O–H groups in total. The van der Waals surface area contributed by atoms with Crippen LogP contribution in [0.3, 0.4) is 0 Å². The van der Waals surface area contributed by atoms with Crippen molar-refractivity contribution in [2.24, 2.45) is 0 Å². The van der Waals surface area contributed by atoms with Crippen LogP contribution in [0.1, 0.15) is 25.3 Å². The van der Waals surface area contributed by atoms with Crippen molar-refractivity contribution in [3.05, 3.63) is 41.6 Å². The zero-order chi connectivity index (χ0) is 15.0. The first-order valence-corrected chi connectivity index (χ1v) is 6.35. The number of benzene rings is 1. The molecule has 1 aromatic rings. The largest absolute Gasteiger partial charge is 0.360 e. The van der Waals surface area contributed by atoms with E-state index in [2.05, 4.69) is 10.6 Å². The van der Waals surface area contributed by atoms with Gasteiger partial charge in [-0.1, -0.05) is 25.1 Å². The lowest BCUT2D eigenvalue weighted by atomic mass is 10.2. The summed E-state index contributed by atoms with van der Waals surface area (Å²) in [7, 11) is 0. The average molecular weight is 271 g/mol. The number of rotatable bonds is 5. The highest BCUT2D eigenvalue weighted by Crippen LogP contribution is 2.13. The molecule has 0 atom stereocenters. The van der Waals surface area contributed by atoms with Crippen LogP contribution in [0.2, 0.25) is 0 Å². The number of hydrogen-bond acceptors (Lipinski definition) is 4. The van der Waals surface area contributed by atoms with Crippen molar-refractivity contribution in [2.75, 3.05) is 5.32 Å². The molecule has 2 amide bonds. The number of hydrogen-bond donors (Lipinski definition) is 2. The van der Waals surface area contributed by atoms with Gasteiger partial charge in [0.2, 0.25) is 5.91 Å². The van der Waals surface area contributed by atoms with E-state index in [4.69, 9.17) is 5.26 Å². The van der Waals surface area contributed by atoms with Crippen LogP contribution in [0.15, 0.2) is 36.0 Å². The van der Waals surface area contributed by atoms with Crippen LogP contribution < -0.4 is 10.6 Å². The predicted octanol–water partition coefficient (Wildman–Crippen LogP) is 2.26. The van der Waals surface area contributed by atoms with E-state index in [-0.39, 0.29) is 17.9 Å². The van der Waals surface area contributed by atoms with E-state index in [0.717, 1.165) is 11.3 Å². The Hall–Kier alpha value is -2.61. The van der Waals surface area contributed by atoms with Gasteiger partial charge in [-0.25, -0.2) is 0 Å². The third kappa shape index (κ3) is 4.58. The molecule has 0 saturated heterocycles. The Labute approximate surface area is 118 Å². The SMILES string of the molecule is CCCC(=O)NC(=O)/C(C#N)=C\Nc1ccccc1C. The second-order valence-electron chi connectivity index (χ2n) is 4.26. The van der Waals surface area contributed by atoms with Crippen LogP contribution in [-0.2, 0) is 9.59 Å². The number of aryl methyl sites for hydroxylation is 1. The predicted molar refractivity (Wildman–Crippen MR) is 76.6 cm³/mol. The summed E-state index contributed by atoms with van der Waals surface area (Å²) in [6.45, 7) is 3.75. The Morgan fingerprint density at radius 2 is 2.05 bits per heavy atom. The molecule has 1 rings (SSSR count). The Bertz CT molecular complexity index is 571. The third-order valence-corrected chi connectivity index (χ3v) is 2.61. The summed E-state index contributed by atoms with van der Waals surface area (Å²) in [5.41, 5.74) is 1.65. The molecule has 1 aromatic carbocycles. The molecule has 0 radical (unpaired) electrons. The van der Waals surface area contributed by atoms with Gasteiger partial charge in [-0.2, -0.15) is 5.26 Å². The van der Waals surface area contributed by atoms with Crippen LogP contribution in [0.4, 0.5) is 5.69 Å². The standard InChI is InChI=1S/C15H17N3O2/c1-3-6-14(19)18-15(20)12(9-16)10-17-13-8-5-4-7-11(13)2/h4-5,7-8,10,17H,3,6H2,1-2H3,(H,18,19,20)/b12-10-. The molecule has 5 heteroatoms. The minimum atomic E-state index is -0.688. The molecular formula is C15H17N3O2. The maximum Gasteiger partial charge on any atom is 0.269 e. The molecule has 0 heterocycles. The molecule has 5 nitrogen and oxygen atoms in total. The lowest BCUT2D eigenvalue weighted by Crippen LogP contribution is -2.31. The zero-order valence-electron chi connectivity index (χ0n) is 11.6. The van der Waals surface area contributed by atoms with E-state index in [0.29, 0.717) is 6.42 Å². The molecule has 0 spiro atoms. The van der Waals surface area contributed by atoms with Crippen LogP contribution >= 0.6 is 0 Å². The fraction of sp³-hybridized carbons (Fsp3) is 0.267. The van der Waals surface area contributed by atoms with Gasteiger partial charge in [0.15, 0.2) is 0 Å². The van der Waals surface area contributed by atoms with E-state index in [9.17, 15) is 9.59 Å². The van der Waals surface area contributed by atoms with Crippen molar-refractivity contribution in [2.45, 2.75) is 26.7 Å². The normalized spacial score (nSPS) is 10.6. The van der Waals surface area contributed by atoms with Crippen molar-refractivity contribution >= 4 is 17.5 Å². The van der Waals surface area contributed by atoms with Crippen molar-refractivity contribution in [1.29, 1.82) is 5.26 Å². The summed E-state index contributed by atoms with van der Waals surface area (Å²) >= 11 is 0. The van der Waals surface area contributed by atoms with Crippen LogP contribution in [-0.4, -0.2) is 11.8 Å². The minimum Gasteiger partial charge on any atom is -0.360 e. The van der Waals surface area contributed by atoms with E-state index >= 15 is 0 Å². The maximum absolute atomic E-state index is 11.7. The molecule has 0 aromatic heterocycles. The number of amides is 2. The second-order valence-corrected chi connectivity index (χ2v) is 4.26. The quantitative estimate of drug-likeness (QED) is 0.635. The number of carbonyl (C=O) groups is 2. The van der Waals surface area contributed by atoms with Crippen LogP contribution in [0.25, 0.3) is 0 Å². The van der Waals surface area contributed by atoms with Gasteiger partial charge in [-0.05, 0) is 25.0 Å². The number of nitrogens with one attached hydrogen (secondary N) is 2. The van der Waals surface area contributed by atoms with Gasteiger partial charge in [0, 0.05) is 18.3 Å². The Balaban J connectivity index is 2.73. The highest BCUT2D eigenvalue weighted by molar-refractivity contribution is 6.06. The Morgan fingerprint density at radius 1 is 1.35 bits per heavy atom. The van der Waals surface area contributed by atoms with Gasteiger partial charge in [0.25, 0.3) is 5.91 Å². The van der Waals surface area contributed by atoms with Gasteiger partial charge < -0.3 is 5.32 Å². The summed E-state index contributed by atoms with van der Waals surface area (Å²) in [5.74, 6) is -1.07. The van der Waals surface area contributed by atoms with Crippen LogP contribution in [0, 0.1) is 18.3 Å². The molecule has 0 aliphatic rings. The fourth-order valence-corrected chi connectivity index (χ4v) is 1.52. The van der Waals surface area contributed by atoms with Gasteiger partial charge >= 0.3 is 0 Å². The highest BCUT2D eigenvalue weighted by atomic mass is 16.2. The number of anilines is 1. The summed E-state index contributed by atoms with van der Waals surface area (Å²) in [4.78, 5) is 23.0. The number of carbonyl (C=O) groups excluding carboxylic acids is 2. The third-order valence-electron chi connectivity index (χ3n) is 2.61. The molecule has 0 aliphatic heterocycles. The average Bonchev–Trinajstić information content (AvgIpc) is 2.41. The first-order chi connectivity index (χ1) is 9.58. The lowest BCUT2D eigenvalue weighted by molar-refractivity contribution is -0.128. The topological polar surface area (TPSA) is 82.0 Å². The highest BCUT2D eigenvalue weighted by Gasteiger charge is 2.12. The van der Waals surface area contributed by atoms with Crippen molar-refractivity contribution in [1.82, 2.24) is 5.32 Å². The molecular weight excluding hydrogens is 254 g/mol. The number of para-hydroxylation sites is 1. The zero-order valence-corrected chi connectivity index (χ0v) is 11.6. The van der Waals surface area contributed by atoms with E-state index in [1.807, 2.05) is 38.1 Å². The van der Waals surface area contributed by atoms with E-state index in [1.54, 1.807) is 6.07 Å². The number of imide groups is 1. The molecule has 0 bridgehead atoms. The monoisotopic (exact) mass is 271 g/mol. The van der Waals surface area contributed by atoms with Gasteiger partial charge in [-0.3, -0.25) is 14.9 Å². The number of nitriles is 1. The minimum absolute atomic E-state index is 0.141. The smallest absolute Gasteiger partial charge is 0.269 e. The number of nitrogens with zero attached hydrogens (tertiary/aromatic N) is 1. The van der Waals surface area contributed by atoms with E-state index < -0.39 is 5.91 Å². The van der Waals surface area contributed by atoms with Gasteiger partial charge in [0.1, 0.15) is 11.6 Å². The van der Waals surface area contributed by atoms with Crippen molar-refractivity contribution in [3.8, 4) is 6.07 Å². The van der Waals surface area contributed by atoms with Crippen molar-refractivity contribution in [3.63, 3.8) is 0 Å². The van der Waals surface area contributed by atoms with Gasteiger partial charge in [0.05, 0.1) is 0 Å². The summed E-state index contributed by atoms with van der Waals surface area (Å²) in [6.07, 6.45) is 2.21. The maximum atomic E-state index is 11.7. The Morgan fingerprint density at radius 3 is 2.65 bits per heavy atom. The summed E-state index contributed by atoms with van der Waals surface area (Å²) in [6, 6.07) is 9.26. The molecule has 0 unspecified atom stereocenters. The molecule has 0 saturated carbocycles. The second kappa shape index (κ2) is 7.74. The molecule has 0 fully saturated rings. The summed E-state index contributed by atoms with van der Waals surface area (Å²) < 4.78 is 0.